The number of halogens is 1. The fourth-order valence-corrected chi connectivity index (χ4v) is 3.23. The number of carbonyl (C=O) groups excluding carboxylic acids is 2. The second kappa shape index (κ2) is 5.18. The van der Waals surface area contributed by atoms with Crippen LogP contribution in [0.1, 0.15) is 11.8 Å². The third-order valence-corrected chi connectivity index (χ3v) is 4.39. The van der Waals surface area contributed by atoms with Crippen molar-refractivity contribution in [2.75, 3.05) is 19.6 Å². The molecule has 0 atom stereocenters. The van der Waals surface area contributed by atoms with Crippen molar-refractivity contribution in [3.8, 4) is 0 Å². The molecule has 92 valence electrons. The van der Waals surface area contributed by atoms with Crippen LogP contribution >= 0.6 is 27.3 Å². The van der Waals surface area contributed by atoms with Gasteiger partial charge in [0, 0.05) is 21.3 Å². The van der Waals surface area contributed by atoms with Gasteiger partial charge in [-0.15, -0.1) is 11.3 Å². The van der Waals surface area contributed by atoms with Crippen LogP contribution in [0.3, 0.4) is 0 Å². The molecule has 6 heteroatoms. The van der Waals surface area contributed by atoms with E-state index in [2.05, 4.69) is 15.9 Å². The zero-order chi connectivity index (χ0) is 12.4. The first kappa shape index (κ1) is 12.6. The SMILES string of the molecule is CCN1CC(=O)N(Cc2cc(Br)cs2)CC1=O. The van der Waals surface area contributed by atoms with E-state index in [4.69, 9.17) is 0 Å². The smallest absolute Gasteiger partial charge is 0.242 e. The maximum absolute atomic E-state index is 11.8. The number of likely N-dealkylation sites (N-methyl/N-ethyl adjacent to an activating group) is 1. The lowest BCUT2D eigenvalue weighted by Gasteiger charge is -2.32. The summed E-state index contributed by atoms with van der Waals surface area (Å²) in [4.78, 5) is 27.8. The van der Waals surface area contributed by atoms with E-state index in [1.165, 1.54) is 0 Å². The number of hydrogen-bond acceptors (Lipinski definition) is 3. The summed E-state index contributed by atoms with van der Waals surface area (Å²) in [5.41, 5.74) is 0. The Bertz CT molecular complexity index is 446. The fraction of sp³-hybridized carbons (Fsp3) is 0.455. The van der Waals surface area contributed by atoms with Crippen LogP contribution in [0.15, 0.2) is 15.9 Å². The van der Waals surface area contributed by atoms with Crippen molar-refractivity contribution in [2.24, 2.45) is 0 Å². The number of piperazine rings is 1. The van der Waals surface area contributed by atoms with Crippen molar-refractivity contribution in [2.45, 2.75) is 13.5 Å². The molecular weight excluding hydrogens is 304 g/mol. The molecule has 0 radical (unpaired) electrons. The molecule has 0 aromatic carbocycles. The zero-order valence-corrected chi connectivity index (χ0v) is 11.9. The highest BCUT2D eigenvalue weighted by atomic mass is 79.9. The molecular formula is C11H13BrN2O2S. The summed E-state index contributed by atoms with van der Waals surface area (Å²) in [5.74, 6) is 0.0543. The van der Waals surface area contributed by atoms with E-state index in [1.807, 2.05) is 18.4 Å². The Morgan fingerprint density at radius 3 is 2.53 bits per heavy atom. The van der Waals surface area contributed by atoms with Crippen molar-refractivity contribution < 1.29 is 9.59 Å². The lowest BCUT2D eigenvalue weighted by atomic mass is 10.3. The first-order chi connectivity index (χ1) is 8.10. The van der Waals surface area contributed by atoms with Crippen LogP contribution in [0, 0.1) is 0 Å². The number of thiophene rings is 1. The van der Waals surface area contributed by atoms with Crippen LogP contribution in [0.2, 0.25) is 0 Å². The molecule has 1 saturated heterocycles. The first-order valence-electron chi connectivity index (χ1n) is 5.38. The molecule has 2 rings (SSSR count). The first-order valence-corrected chi connectivity index (χ1v) is 7.06. The lowest BCUT2D eigenvalue weighted by molar-refractivity contribution is -0.150. The molecule has 1 aliphatic rings. The second-order valence-corrected chi connectivity index (χ2v) is 5.80. The molecule has 0 N–H and O–H groups in total. The van der Waals surface area contributed by atoms with Crippen LogP contribution in [-0.4, -0.2) is 41.2 Å². The van der Waals surface area contributed by atoms with E-state index < -0.39 is 0 Å². The average molecular weight is 317 g/mol. The van der Waals surface area contributed by atoms with Gasteiger partial charge in [-0.2, -0.15) is 0 Å². The molecule has 0 unspecified atom stereocenters. The second-order valence-electron chi connectivity index (χ2n) is 3.89. The highest BCUT2D eigenvalue weighted by molar-refractivity contribution is 9.10. The largest absolute Gasteiger partial charge is 0.332 e. The molecule has 1 aliphatic heterocycles. The van der Waals surface area contributed by atoms with E-state index in [0.717, 1.165) is 9.35 Å². The van der Waals surface area contributed by atoms with E-state index in [9.17, 15) is 9.59 Å². The minimum atomic E-state index is 0.0240. The summed E-state index contributed by atoms with van der Waals surface area (Å²) in [5, 5.41) is 1.98. The number of carbonyl (C=O) groups is 2. The Labute approximate surface area is 112 Å². The predicted molar refractivity (Wildman–Crippen MR) is 69.7 cm³/mol. The molecule has 1 aromatic heterocycles. The molecule has 0 aliphatic carbocycles. The highest BCUT2D eigenvalue weighted by Gasteiger charge is 2.28. The molecule has 1 aromatic rings. The van der Waals surface area contributed by atoms with E-state index in [0.29, 0.717) is 13.1 Å². The standard InChI is InChI=1S/C11H13BrN2O2S/c1-2-13-5-11(16)14(6-10(13)15)4-9-3-8(12)7-17-9/h3,7H,2,4-6H2,1H3. The fourth-order valence-electron chi connectivity index (χ4n) is 1.76. The van der Waals surface area contributed by atoms with E-state index in [-0.39, 0.29) is 24.9 Å². The molecule has 0 bridgehead atoms. The summed E-state index contributed by atoms with van der Waals surface area (Å²) in [6.07, 6.45) is 0. The Morgan fingerprint density at radius 1 is 1.29 bits per heavy atom. The lowest BCUT2D eigenvalue weighted by Crippen LogP contribution is -2.53. The Kier molecular flexibility index (Phi) is 3.83. The molecule has 2 heterocycles. The van der Waals surface area contributed by atoms with Gasteiger partial charge in [0.05, 0.1) is 13.1 Å². The van der Waals surface area contributed by atoms with Gasteiger partial charge in [-0.3, -0.25) is 9.59 Å². The molecule has 0 saturated carbocycles. The van der Waals surface area contributed by atoms with Crippen molar-refractivity contribution in [3.63, 3.8) is 0 Å². The van der Waals surface area contributed by atoms with Crippen molar-refractivity contribution >= 4 is 39.1 Å². The summed E-state index contributed by atoms with van der Waals surface area (Å²) in [7, 11) is 0. The van der Waals surface area contributed by atoms with Gasteiger partial charge in [-0.25, -0.2) is 0 Å². The monoisotopic (exact) mass is 316 g/mol. The van der Waals surface area contributed by atoms with Crippen molar-refractivity contribution in [1.29, 1.82) is 0 Å². The van der Waals surface area contributed by atoms with Crippen LogP contribution in [-0.2, 0) is 16.1 Å². The maximum atomic E-state index is 11.8. The van der Waals surface area contributed by atoms with Gasteiger partial charge < -0.3 is 9.80 Å². The number of amides is 2. The van der Waals surface area contributed by atoms with Crippen LogP contribution < -0.4 is 0 Å². The predicted octanol–water partition coefficient (Wildman–Crippen LogP) is 1.70. The van der Waals surface area contributed by atoms with Crippen LogP contribution in [0.5, 0.6) is 0 Å². The van der Waals surface area contributed by atoms with Gasteiger partial charge in [-0.05, 0) is 28.9 Å². The summed E-state index contributed by atoms with van der Waals surface area (Å²) in [6.45, 7) is 3.42. The molecule has 1 fully saturated rings. The minimum absolute atomic E-state index is 0.0240. The Morgan fingerprint density at radius 2 is 1.94 bits per heavy atom. The summed E-state index contributed by atoms with van der Waals surface area (Å²) in [6, 6.07) is 1.98. The van der Waals surface area contributed by atoms with Crippen LogP contribution in [0.4, 0.5) is 0 Å². The van der Waals surface area contributed by atoms with E-state index >= 15 is 0 Å². The van der Waals surface area contributed by atoms with Gasteiger partial charge in [0.25, 0.3) is 0 Å². The topological polar surface area (TPSA) is 40.6 Å². The summed E-state index contributed by atoms with van der Waals surface area (Å²) < 4.78 is 1.02. The Balaban J connectivity index is 2.03. The van der Waals surface area contributed by atoms with E-state index in [1.54, 1.807) is 21.1 Å². The maximum Gasteiger partial charge on any atom is 0.242 e. The van der Waals surface area contributed by atoms with Crippen molar-refractivity contribution in [3.05, 3.63) is 20.8 Å². The normalized spacial score (nSPS) is 16.8. The summed E-state index contributed by atoms with van der Waals surface area (Å²) >= 11 is 4.96. The quantitative estimate of drug-likeness (QED) is 0.851. The molecule has 2 amide bonds. The van der Waals surface area contributed by atoms with Crippen molar-refractivity contribution in [1.82, 2.24) is 9.80 Å². The third kappa shape index (κ3) is 2.87. The highest BCUT2D eigenvalue weighted by Crippen LogP contribution is 2.22. The minimum Gasteiger partial charge on any atom is -0.332 e. The van der Waals surface area contributed by atoms with Crippen LogP contribution in [0.25, 0.3) is 0 Å². The number of rotatable bonds is 3. The third-order valence-electron chi connectivity index (χ3n) is 2.71. The van der Waals surface area contributed by atoms with Gasteiger partial charge in [0.2, 0.25) is 11.8 Å². The molecule has 0 spiro atoms. The van der Waals surface area contributed by atoms with Gasteiger partial charge in [-0.1, -0.05) is 0 Å². The average Bonchev–Trinajstić information content (AvgIpc) is 2.69. The van der Waals surface area contributed by atoms with Gasteiger partial charge >= 0.3 is 0 Å². The molecule has 17 heavy (non-hydrogen) atoms. The van der Waals surface area contributed by atoms with Gasteiger partial charge in [0.1, 0.15) is 6.54 Å². The number of hydrogen-bond donors (Lipinski definition) is 0. The molecule has 4 nitrogen and oxygen atoms in total. The zero-order valence-electron chi connectivity index (χ0n) is 9.48. The Hall–Kier alpha value is -0.880. The van der Waals surface area contributed by atoms with Gasteiger partial charge in [0.15, 0.2) is 0 Å². The number of nitrogens with zero attached hydrogens (tertiary/aromatic N) is 2.